The maximum absolute atomic E-state index is 6.31. The van der Waals surface area contributed by atoms with Crippen LogP contribution in [0.3, 0.4) is 0 Å². The Morgan fingerprint density at radius 1 is 0.220 bits per heavy atom. The molecule has 0 aliphatic rings. The van der Waals surface area contributed by atoms with Crippen molar-refractivity contribution in [3.63, 3.8) is 0 Å². The molecule has 4 heterocycles. The van der Waals surface area contributed by atoms with E-state index in [1.807, 2.05) is 103 Å². The van der Waals surface area contributed by atoms with E-state index in [-0.39, 0.29) is 5.28 Å². The number of hydrogen-bond acceptors (Lipinski definition) is 6. The van der Waals surface area contributed by atoms with E-state index in [2.05, 4.69) is 200 Å². The van der Waals surface area contributed by atoms with Crippen molar-refractivity contribution in [2.24, 2.45) is 0 Å². The number of halogens is 2. The van der Waals surface area contributed by atoms with Crippen molar-refractivity contribution in [2.45, 2.75) is 0 Å². The van der Waals surface area contributed by atoms with Crippen LogP contribution in [0.5, 0.6) is 0 Å². The molecule has 0 N–H and O–H groups in total. The first-order valence-electron chi connectivity index (χ1n) is 26.9. The summed E-state index contributed by atoms with van der Waals surface area (Å²) in [6.45, 7) is 0. The molecule has 15 aromatic rings. The zero-order valence-corrected chi connectivity index (χ0v) is 45.4. The maximum Gasteiger partial charge on any atom is 0.226 e. The summed E-state index contributed by atoms with van der Waals surface area (Å²) >= 11 is 12.6. The molecule has 0 saturated heterocycles. The highest BCUT2D eigenvalue weighted by Gasteiger charge is 2.17. The van der Waals surface area contributed by atoms with Crippen LogP contribution in [0.15, 0.2) is 279 Å². The highest BCUT2D eigenvalue weighted by molar-refractivity contribution is 6.30. The third kappa shape index (κ3) is 9.72. The molecule has 82 heavy (non-hydrogen) atoms. The van der Waals surface area contributed by atoms with Crippen LogP contribution in [0.2, 0.25) is 10.3 Å². The lowest BCUT2D eigenvalue weighted by atomic mass is 10.0. The molecule has 388 valence electrons. The first-order valence-corrected chi connectivity index (χ1v) is 27.6. The summed E-state index contributed by atoms with van der Waals surface area (Å²) in [4.78, 5) is 27.9. The molecule has 0 unspecified atom stereocenters. The highest BCUT2D eigenvalue weighted by atomic mass is 35.5. The molecular formula is C72H46Cl2N8. The van der Waals surface area contributed by atoms with Gasteiger partial charge in [-0.1, -0.05) is 218 Å². The van der Waals surface area contributed by atoms with Crippen LogP contribution in [0.1, 0.15) is 0 Å². The Kier molecular flexibility index (Phi) is 13.2. The number of para-hydroxylation sites is 4. The van der Waals surface area contributed by atoms with Crippen molar-refractivity contribution in [3.8, 4) is 90.6 Å². The van der Waals surface area contributed by atoms with Crippen LogP contribution in [0.4, 0.5) is 0 Å². The van der Waals surface area contributed by atoms with E-state index in [1.165, 1.54) is 43.6 Å². The minimum Gasteiger partial charge on any atom is -0.309 e. The second-order valence-electron chi connectivity index (χ2n) is 19.8. The van der Waals surface area contributed by atoms with Crippen molar-refractivity contribution in [1.82, 2.24) is 39.0 Å². The average molecular weight is 1090 g/mol. The first kappa shape index (κ1) is 49.9. The van der Waals surface area contributed by atoms with E-state index in [4.69, 9.17) is 38.2 Å². The van der Waals surface area contributed by atoms with Gasteiger partial charge in [0.25, 0.3) is 0 Å². The number of rotatable bonds is 9. The molecule has 0 radical (unpaired) electrons. The fourth-order valence-corrected chi connectivity index (χ4v) is 11.2. The summed E-state index contributed by atoms with van der Waals surface area (Å²) in [7, 11) is 0. The zero-order chi connectivity index (χ0) is 54.9. The molecule has 0 aliphatic heterocycles. The SMILES string of the molecule is Clc1cccc(-c2nc(-c3ccccc3)nc(-c3ccc(-c4ccc5c(c4)c4ccccc4n5-c4ccccc4)cc3)n2)c1.Clc1nc(-c2ccccc2)nc(-c2ccc(-c3ccc4c(c3)c3ccccc3n4-c3ccccc3)cc2)n1. The third-order valence-corrected chi connectivity index (χ3v) is 15.1. The fourth-order valence-electron chi connectivity index (χ4n) is 10.8. The Hall–Kier alpha value is -10.4. The predicted octanol–water partition coefficient (Wildman–Crippen LogP) is 18.9. The van der Waals surface area contributed by atoms with Crippen molar-refractivity contribution in [2.75, 3.05) is 0 Å². The molecule has 10 heteroatoms. The summed E-state index contributed by atoms with van der Waals surface area (Å²) in [5, 5.41) is 5.73. The second kappa shape index (κ2) is 21.7. The summed E-state index contributed by atoms with van der Waals surface area (Å²) in [6, 6.07) is 95.7. The first-order chi connectivity index (χ1) is 40.5. The molecule has 0 amide bonds. The molecule has 0 aliphatic carbocycles. The summed E-state index contributed by atoms with van der Waals surface area (Å²) < 4.78 is 4.66. The standard InChI is InChI=1S/C39H25ClN4.C33H21ClN4/c40-31-13-9-12-30(24-31)39-42-37(27-10-3-1-4-11-27)41-38(43-39)28-20-18-26(19-21-28)29-22-23-36-34(25-29)33-16-7-8-17-35(33)44(36)32-14-5-2-6-15-32;34-33-36-31(23-9-3-1-4-10-23)35-32(37-33)24-17-15-22(16-18-24)25-19-20-30-28(21-25)27-13-7-8-14-29(27)38(30)26-11-5-2-6-12-26/h1-25H;1-21H. The summed E-state index contributed by atoms with van der Waals surface area (Å²) in [5.74, 6) is 2.93. The van der Waals surface area contributed by atoms with Gasteiger partial charge in [0.1, 0.15) is 0 Å². The van der Waals surface area contributed by atoms with Gasteiger partial charge < -0.3 is 9.13 Å². The normalized spacial score (nSPS) is 11.3. The van der Waals surface area contributed by atoms with Gasteiger partial charge in [0.15, 0.2) is 29.1 Å². The Labute approximate surface area is 482 Å². The van der Waals surface area contributed by atoms with Crippen LogP contribution < -0.4 is 0 Å². The largest absolute Gasteiger partial charge is 0.309 e. The van der Waals surface area contributed by atoms with Crippen LogP contribution in [-0.4, -0.2) is 39.0 Å². The van der Waals surface area contributed by atoms with Gasteiger partial charge >= 0.3 is 0 Å². The Bertz CT molecular complexity index is 4800. The van der Waals surface area contributed by atoms with E-state index in [0.717, 1.165) is 61.4 Å². The van der Waals surface area contributed by atoms with Crippen LogP contribution in [0.25, 0.3) is 134 Å². The number of aromatic nitrogens is 8. The number of benzene rings is 11. The lowest BCUT2D eigenvalue weighted by molar-refractivity contribution is 1.07. The fraction of sp³-hybridized carbons (Fsp3) is 0. The molecule has 8 nitrogen and oxygen atoms in total. The molecule has 0 saturated carbocycles. The van der Waals surface area contributed by atoms with Gasteiger partial charge in [-0.3, -0.25) is 0 Å². The van der Waals surface area contributed by atoms with Gasteiger partial charge in [-0.15, -0.1) is 0 Å². The van der Waals surface area contributed by atoms with Crippen molar-refractivity contribution in [1.29, 1.82) is 0 Å². The van der Waals surface area contributed by atoms with Crippen LogP contribution >= 0.6 is 23.2 Å². The van der Waals surface area contributed by atoms with Crippen molar-refractivity contribution >= 4 is 66.8 Å². The van der Waals surface area contributed by atoms with E-state index in [1.54, 1.807) is 0 Å². The van der Waals surface area contributed by atoms with Crippen LogP contribution in [0, 0.1) is 0 Å². The Balaban J connectivity index is 0.000000148. The van der Waals surface area contributed by atoms with Gasteiger partial charge in [-0.05, 0) is 107 Å². The van der Waals surface area contributed by atoms with E-state index < -0.39 is 0 Å². The third-order valence-electron chi connectivity index (χ3n) is 14.7. The molecule has 11 aromatic carbocycles. The Morgan fingerprint density at radius 3 is 0.963 bits per heavy atom. The molecule has 4 aromatic heterocycles. The van der Waals surface area contributed by atoms with Crippen LogP contribution in [-0.2, 0) is 0 Å². The van der Waals surface area contributed by atoms with Gasteiger partial charge in [0.2, 0.25) is 5.28 Å². The van der Waals surface area contributed by atoms with E-state index in [0.29, 0.717) is 34.1 Å². The molecular weight excluding hydrogens is 1050 g/mol. The minimum absolute atomic E-state index is 0.179. The number of hydrogen-bond donors (Lipinski definition) is 0. The smallest absolute Gasteiger partial charge is 0.226 e. The predicted molar refractivity (Wildman–Crippen MR) is 336 cm³/mol. The average Bonchev–Trinajstić information content (AvgIpc) is 4.29. The van der Waals surface area contributed by atoms with Gasteiger partial charge in [-0.25, -0.2) is 19.9 Å². The molecule has 15 rings (SSSR count). The number of fused-ring (bicyclic) bond motifs is 6. The monoisotopic (exact) mass is 1090 g/mol. The second-order valence-corrected chi connectivity index (χ2v) is 20.6. The van der Waals surface area contributed by atoms with Crippen molar-refractivity contribution in [3.05, 3.63) is 289 Å². The summed E-state index contributed by atoms with van der Waals surface area (Å²) in [5.41, 5.74) is 16.1. The summed E-state index contributed by atoms with van der Waals surface area (Å²) in [6.07, 6.45) is 0. The maximum atomic E-state index is 6.31. The van der Waals surface area contributed by atoms with Gasteiger partial charge in [0.05, 0.1) is 22.1 Å². The number of nitrogens with zero attached hydrogens (tertiary/aromatic N) is 8. The highest BCUT2D eigenvalue weighted by Crippen LogP contribution is 2.38. The quantitative estimate of drug-likeness (QED) is 0.143. The minimum atomic E-state index is 0.179. The Morgan fingerprint density at radius 2 is 0.537 bits per heavy atom. The van der Waals surface area contributed by atoms with Crippen molar-refractivity contribution < 1.29 is 0 Å². The molecule has 0 atom stereocenters. The molecule has 0 bridgehead atoms. The lowest BCUT2D eigenvalue weighted by Crippen LogP contribution is -2.00. The topological polar surface area (TPSA) is 87.2 Å². The zero-order valence-electron chi connectivity index (χ0n) is 43.9. The van der Waals surface area contributed by atoms with Gasteiger partial charge in [-0.2, -0.15) is 9.97 Å². The molecule has 0 fully saturated rings. The lowest BCUT2D eigenvalue weighted by Gasteiger charge is -2.10. The van der Waals surface area contributed by atoms with Gasteiger partial charge in [0, 0.05) is 65.8 Å². The molecule has 0 spiro atoms. The van der Waals surface area contributed by atoms with E-state index >= 15 is 0 Å². The van der Waals surface area contributed by atoms with E-state index in [9.17, 15) is 0 Å².